The predicted octanol–water partition coefficient (Wildman–Crippen LogP) is 2.55. The van der Waals surface area contributed by atoms with Crippen molar-refractivity contribution in [1.29, 1.82) is 0 Å². The number of hydrogen-bond acceptors (Lipinski definition) is 5. The summed E-state index contributed by atoms with van der Waals surface area (Å²) in [6.45, 7) is 0. The summed E-state index contributed by atoms with van der Waals surface area (Å²) in [5, 5.41) is 12.5. The molecule has 0 aliphatic rings. The first-order valence-corrected chi connectivity index (χ1v) is 8.80. The van der Waals surface area contributed by atoms with Crippen molar-refractivity contribution in [2.75, 3.05) is 7.11 Å². The van der Waals surface area contributed by atoms with E-state index >= 15 is 0 Å². The van der Waals surface area contributed by atoms with Gasteiger partial charge in [-0.2, -0.15) is 5.10 Å². The molecule has 0 amide bonds. The number of hydrogen-bond donors (Lipinski definition) is 1. The Morgan fingerprint density at radius 1 is 1.15 bits per heavy atom. The van der Waals surface area contributed by atoms with Crippen molar-refractivity contribution < 1.29 is 27.4 Å². The highest BCUT2D eigenvalue weighted by molar-refractivity contribution is 7.91. The van der Waals surface area contributed by atoms with Gasteiger partial charge >= 0.3 is 5.97 Å². The number of rotatable bonds is 5. The first-order valence-electron chi connectivity index (χ1n) is 7.32. The van der Waals surface area contributed by atoms with Crippen molar-refractivity contribution in [3.8, 4) is 11.4 Å². The summed E-state index contributed by atoms with van der Waals surface area (Å²) in [5.74, 6) is -1.86. The van der Waals surface area contributed by atoms with Crippen LogP contribution in [0.5, 0.6) is 5.75 Å². The smallest absolute Gasteiger partial charge is 0.356 e. The standard InChI is InChI=1S/C17H13FN2O5S/c1-25-11-5-4-6-12(9-11)26(23,24)16-10-14(17(21)22)19-20(16)15-8-3-2-7-13(15)18/h2-10H,1H3,(H,21,22). The third-order valence-corrected chi connectivity index (χ3v) is 5.32. The molecule has 2 aromatic carbocycles. The summed E-state index contributed by atoms with van der Waals surface area (Å²) >= 11 is 0. The largest absolute Gasteiger partial charge is 0.497 e. The van der Waals surface area contributed by atoms with Crippen molar-refractivity contribution in [3.05, 3.63) is 66.1 Å². The zero-order valence-electron chi connectivity index (χ0n) is 13.5. The van der Waals surface area contributed by atoms with Crippen LogP contribution in [0.15, 0.2) is 64.5 Å². The number of para-hydroxylation sites is 1. The molecule has 0 unspecified atom stereocenters. The van der Waals surface area contributed by atoms with Gasteiger partial charge in [-0.3, -0.25) is 0 Å². The number of carbonyl (C=O) groups is 1. The first kappa shape index (κ1) is 17.6. The van der Waals surface area contributed by atoms with E-state index in [1.807, 2.05) is 0 Å². The quantitative estimate of drug-likeness (QED) is 0.735. The molecule has 1 N–H and O–H groups in total. The van der Waals surface area contributed by atoms with E-state index in [0.717, 1.165) is 16.8 Å². The Bertz CT molecular complexity index is 1090. The van der Waals surface area contributed by atoms with Gasteiger partial charge in [0.2, 0.25) is 9.84 Å². The molecule has 134 valence electrons. The van der Waals surface area contributed by atoms with E-state index in [1.165, 1.54) is 43.5 Å². The lowest BCUT2D eigenvalue weighted by Crippen LogP contribution is -2.11. The van der Waals surface area contributed by atoms with E-state index in [1.54, 1.807) is 6.07 Å². The summed E-state index contributed by atoms with van der Waals surface area (Å²) in [7, 11) is -2.80. The van der Waals surface area contributed by atoms with Crippen molar-refractivity contribution in [2.45, 2.75) is 9.92 Å². The minimum absolute atomic E-state index is 0.133. The number of halogens is 1. The van der Waals surface area contributed by atoms with E-state index in [-0.39, 0.29) is 10.6 Å². The van der Waals surface area contributed by atoms with Gasteiger partial charge in [0, 0.05) is 6.07 Å². The average Bonchev–Trinajstić information content (AvgIpc) is 3.08. The lowest BCUT2D eigenvalue weighted by atomic mass is 10.3. The van der Waals surface area contributed by atoms with Gasteiger partial charge in [-0.1, -0.05) is 18.2 Å². The van der Waals surface area contributed by atoms with Crippen molar-refractivity contribution >= 4 is 15.8 Å². The molecule has 1 heterocycles. The van der Waals surface area contributed by atoms with E-state index in [0.29, 0.717) is 5.75 Å². The fraction of sp³-hybridized carbons (Fsp3) is 0.0588. The highest BCUT2D eigenvalue weighted by Gasteiger charge is 2.28. The topological polar surface area (TPSA) is 98.5 Å². The van der Waals surface area contributed by atoms with E-state index < -0.39 is 32.3 Å². The van der Waals surface area contributed by atoms with Crippen molar-refractivity contribution in [3.63, 3.8) is 0 Å². The van der Waals surface area contributed by atoms with E-state index in [9.17, 15) is 22.7 Å². The second-order valence-corrected chi connectivity index (χ2v) is 7.12. The molecular weight excluding hydrogens is 363 g/mol. The first-order chi connectivity index (χ1) is 12.3. The highest BCUT2D eigenvalue weighted by Crippen LogP contribution is 2.27. The zero-order chi connectivity index (χ0) is 18.9. The fourth-order valence-corrected chi connectivity index (χ4v) is 3.75. The van der Waals surface area contributed by atoms with Crippen molar-refractivity contribution in [2.24, 2.45) is 0 Å². The molecule has 3 rings (SSSR count). The molecule has 0 aliphatic heterocycles. The van der Waals surface area contributed by atoms with Crippen LogP contribution in [0.1, 0.15) is 10.5 Å². The Hall–Kier alpha value is -3.20. The molecule has 1 aromatic heterocycles. The molecule has 0 radical (unpaired) electrons. The Kier molecular flexibility index (Phi) is 4.47. The number of aromatic nitrogens is 2. The van der Waals surface area contributed by atoms with Gasteiger partial charge in [-0.05, 0) is 30.3 Å². The second kappa shape index (κ2) is 6.60. The number of ether oxygens (including phenoxy) is 1. The molecule has 0 fully saturated rings. The predicted molar refractivity (Wildman–Crippen MR) is 88.9 cm³/mol. The normalized spacial score (nSPS) is 11.3. The zero-order valence-corrected chi connectivity index (χ0v) is 14.3. The average molecular weight is 376 g/mol. The monoisotopic (exact) mass is 376 g/mol. The molecule has 0 spiro atoms. The molecule has 3 aromatic rings. The van der Waals surface area contributed by atoms with Crippen LogP contribution < -0.4 is 4.74 Å². The van der Waals surface area contributed by atoms with E-state index in [2.05, 4.69) is 5.10 Å². The lowest BCUT2D eigenvalue weighted by Gasteiger charge is -2.10. The second-order valence-electron chi connectivity index (χ2n) is 5.22. The van der Waals surface area contributed by atoms with E-state index in [4.69, 9.17) is 4.74 Å². The van der Waals surface area contributed by atoms with Gasteiger partial charge in [0.1, 0.15) is 17.3 Å². The van der Waals surface area contributed by atoms with Gasteiger partial charge in [0.05, 0.1) is 12.0 Å². The molecule has 7 nitrogen and oxygen atoms in total. The summed E-state index contributed by atoms with van der Waals surface area (Å²) in [4.78, 5) is 11.1. The Morgan fingerprint density at radius 3 is 2.54 bits per heavy atom. The third kappa shape index (κ3) is 3.04. The maximum absolute atomic E-state index is 14.2. The molecule has 0 aliphatic carbocycles. The maximum Gasteiger partial charge on any atom is 0.356 e. The van der Waals surface area contributed by atoms with Crippen LogP contribution >= 0.6 is 0 Å². The molecule has 0 saturated heterocycles. The van der Waals surface area contributed by atoms with Crippen LogP contribution in [0.2, 0.25) is 0 Å². The van der Waals surface area contributed by atoms with Gasteiger partial charge < -0.3 is 9.84 Å². The Morgan fingerprint density at radius 2 is 1.88 bits per heavy atom. The van der Waals surface area contributed by atoms with Crippen LogP contribution in [0.4, 0.5) is 4.39 Å². The SMILES string of the molecule is COc1cccc(S(=O)(=O)c2cc(C(=O)O)nn2-c2ccccc2F)c1. The number of carboxylic acids is 1. The molecule has 0 atom stereocenters. The molecule has 0 bridgehead atoms. The summed E-state index contributed by atoms with van der Waals surface area (Å²) in [6.07, 6.45) is 0. The van der Waals surface area contributed by atoms with Gasteiger partial charge in [-0.25, -0.2) is 22.3 Å². The number of methoxy groups -OCH3 is 1. The maximum atomic E-state index is 14.2. The van der Waals surface area contributed by atoms with Crippen LogP contribution in [0.3, 0.4) is 0 Å². The number of sulfone groups is 1. The summed E-state index contributed by atoms with van der Waals surface area (Å²) in [6, 6.07) is 11.9. The number of benzene rings is 2. The summed E-state index contributed by atoms with van der Waals surface area (Å²) < 4.78 is 46.0. The number of carboxylic acid groups (broad SMARTS) is 1. The fourth-order valence-electron chi connectivity index (χ4n) is 2.35. The van der Waals surface area contributed by atoms with Gasteiger partial charge in [-0.15, -0.1) is 0 Å². The van der Waals surface area contributed by atoms with Crippen molar-refractivity contribution in [1.82, 2.24) is 9.78 Å². The Labute approximate surface area is 148 Å². The minimum atomic E-state index is -4.19. The highest BCUT2D eigenvalue weighted by atomic mass is 32.2. The Balaban J connectivity index is 2.26. The van der Waals surface area contributed by atoms with Crippen LogP contribution in [0.25, 0.3) is 5.69 Å². The summed E-state index contributed by atoms with van der Waals surface area (Å²) in [5.41, 5.74) is -0.698. The van der Waals surface area contributed by atoms with Crippen LogP contribution in [-0.2, 0) is 9.84 Å². The molecule has 0 saturated carbocycles. The molecular formula is C17H13FN2O5S. The molecule has 26 heavy (non-hydrogen) atoms. The number of nitrogens with zero attached hydrogens (tertiary/aromatic N) is 2. The minimum Gasteiger partial charge on any atom is -0.497 e. The third-order valence-electron chi connectivity index (χ3n) is 3.60. The van der Waals surface area contributed by atoms with Gasteiger partial charge in [0.25, 0.3) is 0 Å². The van der Waals surface area contributed by atoms with Crippen LogP contribution in [-0.4, -0.2) is 36.4 Å². The lowest BCUT2D eigenvalue weighted by molar-refractivity contribution is 0.0690. The number of aromatic carboxylic acids is 1. The molecule has 9 heteroatoms. The van der Waals surface area contributed by atoms with Gasteiger partial charge in [0.15, 0.2) is 10.7 Å². The van der Waals surface area contributed by atoms with Crippen LogP contribution in [0, 0.1) is 5.82 Å².